The molecule has 2 heterocycles. The SMILES string of the molecule is COc1ccc(C(=O)Nc2ccc(N3CCNCC3)cn2)c(OC)c1. The highest BCUT2D eigenvalue weighted by molar-refractivity contribution is 6.05. The third-order valence-corrected chi connectivity index (χ3v) is 4.12. The first-order chi connectivity index (χ1) is 12.2. The maximum absolute atomic E-state index is 12.5. The zero-order valence-electron chi connectivity index (χ0n) is 14.4. The van der Waals surface area contributed by atoms with E-state index in [0.717, 1.165) is 31.9 Å². The van der Waals surface area contributed by atoms with Crippen LogP contribution in [0.1, 0.15) is 10.4 Å². The molecule has 132 valence electrons. The fourth-order valence-corrected chi connectivity index (χ4v) is 2.74. The number of ether oxygens (including phenoxy) is 2. The topological polar surface area (TPSA) is 75.7 Å². The van der Waals surface area contributed by atoms with Crippen LogP contribution >= 0.6 is 0 Å². The molecule has 1 aromatic carbocycles. The van der Waals surface area contributed by atoms with Crippen molar-refractivity contribution in [3.05, 3.63) is 42.1 Å². The Bertz CT molecular complexity index is 728. The van der Waals surface area contributed by atoms with Gasteiger partial charge in [0.2, 0.25) is 0 Å². The summed E-state index contributed by atoms with van der Waals surface area (Å²) in [5.74, 6) is 1.31. The number of nitrogens with zero attached hydrogens (tertiary/aromatic N) is 2. The van der Waals surface area contributed by atoms with Crippen molar-refractivity contribution >= 4 is 17.4 Å². The number of carbonyl (C=O) groups excluding carboxylic acids is 1. The van der Waals surface area contributed by atoms with Gasteiger partial charge in [0.1, 0.15) is 17.3 Å². The second-order valence-corrected chi connectivity index (χ2v) is 5.66. The second kappa shape index (κ2) is 7.85. The molecule has 0 spiro atoms. The summed E-state index contributed by atoms with van der Waals surface area (Å²) < 4.78 is 10.4. The van der Waals surface area contributed by atoms with Crippen molar-refractivity contribution in [3.8, 4) is 11.5 Å². The third-order valence-electron chi connectivity index (χ3n) is 4.12. The van der Waals surface area contributed by atoms with E-state index < -0.39 is 0 Å². The van der Waals surface area contributed by atoms with E-state index in [-0.39, 0.29) is 5.91 Å². The number of hydrogen-bond acceptors (Lipinski definition) is 6. The third kappa shape index (κ3) is 4.00. The molecule has 2 N–H and O–H groups in total. The number of hydrogen-bond donors (Lipinski definition) is 2. The number of piperazine rings is 1. The molecule has 1 aliphatic rings. The van der Waals surface area contributed by atoms with Crippen molar-refractivity contribution in [2.75, 3.05) is 50.6 Å². The molecule has 1 amide bonds. The van der Waals surface area contributed by atoms with Gasteiger partial charge in [-0.25, -0.2) is 4.98 Å². The smallest absolute Gasteiger partial charge is 0.260 e. The number of pyridine rings is 1. The minimum absolute atomic E-state index is 0.276. The Labute approximate surface area is 147 Å². The van der Waals surface area contributed by atoms with Crippen molar-refractivity contribution in [3.63, 3.8) is 0 Å². The summed E-state index contributed by atoms with van der Waals surface area (Å²) in [6, 6.07) is 8.85. The van der Waals surface area contributed by atoms with E-state index in [9.17, 15) is 4.79 Å². The number of methoxy groups -OCH3 is 2. The second-order valence-electron chi connectivity index (χ2n) is 5.66. The normalized spacial score (nSPS) is 14.1. The summed E-state index contributed by atoms with van der Waals surface area (Å²) in [6.45, 7) is 3.85. The molecule has 3 rings (SSSR count). The summed E-state index contributed by atoms with van der Waals surface area (Å²) in [4.78, 5) is 19.1. The van der Waals surface area contributed by atoms with Gasteiger partial charge in [-0.15, -0.1) is 0 Å². The molecule has 0 saturated carbocycles. The van der Waals surface area contributed by atoms with Gasteiger partial charge in [-0.05, 0) is 24.3 Å². The minimum atomic E-state index is -0.276. The van der Waals surface area contributed by atoms with Gasteiger partial charge in [-0.1, -0.05) is 0 Å². The predicted octanol–water partition coefficient (Wildman–Crippen LogP) is 1.76. The van der Waals surface area contributed by atoms with E-state index >= 15 is 0 Å². The molecule has 1 aromatic heterocycles. The first kappa shape index (κ1) is 17.0. The lowest BCUT2D eigenvalue weighted by atomic mass is 10.1. The van der Waals surface area contributed by atoms with Crippen molar-refractivity contribution in [2.45, 2.75) is 0 Å². The van der Waals surface area contributed by atoms with Crippen LogP contribution in [-0.2, 0) is 0 Å². The predicted molar refractivity (Wildman–Crippen MR) is 96.8 cm³/mol. The summed E-state index contributed by atoms with van der Waals surface area (Å²) >= 11 is 0. The Morgan fingerprint density at radius 3 is 2.60 bits per heavy atom. The largest absolute Gasteiger partial charge is 0.497 e. The lowest BCUT2D eigenvalue weighted by molar-refractivity contribution is 0.102. The number of nitrogens with one attached hydrogen (secondary N) is 2. The molecule has 2 aromatic rings. The fraction of sp³-hybridized carbons (Fsp3) is 0.333. The van der Waals surface area contributed by atoms with Crippen LogP contribution in [0.4, 0.5) is 11.5 Å². The zero-order chi connectivity index (χ0) is 17.6. The van der Waals surface area contributed by atoms with Crippen LogP contribution in [0.3, 0.4) is 0 Å². The molecule has 0 aliphatic carbocycles. The average Bonchev–Trinajstić information content (AvgIpc) is 2.68. The van der Waals surface area contributed by atoms with E-state index in [2.05, 4.69) is 20.5 Å². The highest BCUT2D eigenvalue weighted by atomic mass is 16.5. The molecule has 0 atom stereocenters. The quantitative estimate of drug-likeness (QED) is 0.862. The maximum Gasteiger partial charge on any atom is 0.260 e. The van der Waals surface area contributed by atoms with Gasteiger partial charge in [-0.3, -0.25) is 4.79 Å². The van der Waals surface area contributed by atoms with Gasteiger partial charge < -0.3 is 25.0 Å². The molecule has 0 radical (unpaired) electrons. The number of aromatic nitrogens is 1. The minimum Gasteiger partial charge on any atom is -0.497 e. The van der Waals surface area contributed by atoms with Crippen LogP contribution in [0.2, 0.25) is 0 Å². The Morgan fingerprint density at radius 2 is 1.96 bits per heavy atom. The number of amides is 1. The van der Waals surface area contributed by atoms with Crippen molar-refractivity contribution < 1.29 is 14.3 Å². The number of anilines is 2. The van der Waals surface area contributed by atoms with E-state index in [1.165, 1.54) is 7.11 Å². The molecule has 7 heteroatoms. The van der Waals surface area contributed by atoms with Gasteiger partial charge >= 0.3 is 0 Å². The van der Waals surface area contributed by atoms with Crippen LogP contribution in [0.15, 0.2) is 36.5 Å². The Morgan fingerprint density at radius 1 is 1.16 bits per heavy atom. The van der Waals surface area contributed by atoms with E-state index in [1.807, 2.05) is 12.1 Å². The summed E-state index contributed by atoms with van der Waals surface area (Å²) in [5.41, 5.74) is 1.48. The van der Waals surface area contributed by atoms with Gasteiger partial charge in [0.25, 0.3) is 5.91 Å². The van der Waals surface area contributed by atoms with Gasteiger partial charge in [-0.2, -0.15) is 0 Å². The fourth-order valence-electron chi connectivity index (χ4n) is 2.74. The van der Waals surface area contributed by atoms with E-state index in [1.54, 1.807) is 31.5 Å². The van der Waals surface area contributed by atoms with Crippen LogP contribution in [0.5, 0.6) is 11.5 Å². The van der Waals surface area contributed by atoms with Crippen molar-refractivity contribution in [1.82, 2.24) is 10.3 Å². The molecule has 1 saturated heterocycles. The van der Waals surface area contributed by atoms with Gasteiger partial charge in [0.15, 0.2) is 0 Å². The average molecular weight is 342 g/mol. The molecular formula is C18H22N4O3. The molecule has 25 heavy (non-hydrogen) atoms. The monoisotopic (exact) mass is 342 g/mol. The molecule has 0 bridgehead atoms. The molecule has 0 unspecified atom stereocenters. The highest BCUT2D eigenvalue weighted by Crippen LogP contribution is 2.25. The van der Waals surface area contributed by atoms with Crippen LogP contribution in [-0.4, -0.2) is 51.3 Å². The molecule has 1 aliphatic heterocycles. The van der Waals surface area contributed by atoms with Gasteiger partial charge in [0, 0.05) is 32.2 Å². The summed E-state index contributed by atoms with van der Waals surface area (Å²) in [5, 5.41) is 6.12. The first-order valence-corrected chi connectivity index (χ1v) is 8.16. The maximum atomic E-state index is 12.5. The summed E-state index contributed by atoms with van der Waals surface area (Å²) in [7, 11) is 3.09. The van der Waals surface area contributed by atoms with Crippen molar-refractivity contribution in [1.29, 1.82) is 0 Å². The van der Waals surface area contributed by atoms with E-state index in [0.29, 0.717) is 22.9 Å². The highest BCUT2D eigenvalue weighted by Gasteiger charge is 2.15. The van der Waals surface area contributed by atoms with E-state index in [4.69, 9.17) is 9.47 Å². The lowest BCUT2D eigenvalue weighted by Crippen LogP contribution is -2.43. The number of carbonyl (C=O) groups is 1. The Kier molecular flexibility index (Phi) is 5.35. The molecular weight excluding hydrogens is 320 g/mol. The first-order valence-electron chi connectivity index (χ1n) is 8.16. The standard InChI is InChI=1S/C18H22N4O3/c1-24-14-4-5-15(16(11-14)25-2)18(23)21-17-6-3-13(12-20-17)22-9-7-19-8-10-22/h3-6,11-12,19H,7-10H2,1-2H3,(H,20,21,23). The van der Waals surface area contributed by atoms with Crippen LogP contribution in [0.25, 0.3) is 0 Å². The number of benzene rings is 1. The lowest BCUT2D eigenvalue weighted by Gasteiger charge is -2.29. The van der Waals surface area contributed by atoms with Crippen molar-refractivity contribution in [2.24, 2.45) is 0 Å². The summed E-state index contributed by atoms with van der Waals surface area (Å²) in [6.07, 6.45) is 1.78. The number of rotatable bonds is 5. The van der Waals surface area contributed by atoms with Crippen LogP contribution < -0.4 is 25.0 Å². The van der Waals surface area contributed by atoms with Gasteiger partial charge in [0.05, 0.1) is 31.7 Å². The molecule has 7 nitrogen and oxygen atoms in total. The van der Waals surface area contributed by atoms with Crippen LogP contribution in [0, 0.1) is 0 Å². The molecule has 1 fully saturated rings. The Hall–Kier alpha value is -2.80. The Balaban J connectivity index is 1.70. The zero-order valence-corrected chi connectivity index (χ0v) is 14.4.